The number of alkyl halides is 4. The number of rotatable bonds is 11. The fourth-order valence-electron chi connectivity index (χ4n) is 5.27. The summed E-state index contributed by atoms with van der Waals surface area (Å²) in [5, 5.41) is 0. The third kappa shape index (κ3) is 8.01. The summed E-state index contributed by atoms with van der Waals surface area (Å²) in [5.41, 5.74) is -2.81. The summed E-state index contributed by atoms with van der Waals surface area (Å²) in [4.78, 5) is 0. The Morgan fingerprint density at radius 1 is 0.711 bits per heavy atom. The standard InChI is InChI=1S/C31H25F11O3/c1-2-3-16-4-6-17(7-5-16)18-8-10-21(22(32)12-18)30(39,40)45-20-14-24(34)27(25(35)15-20)31(41,42)44-19-9-11-26(23(33)13-19)43-29(38)28(36)37/h8-17H,2-7H2,1H3. The average Bonchev–Trinajstić information content (AvgIpc) is 2.93. The lowest BCUT2D eigenvalue weighted by Gasteiger charge is -2.29. The molecule has 0 radical (unpaired) electrons. The molecule has 3 nitrogen and oxygen atoms in total. The van der Waals surface area contributed by atoms with Gasteiger partial charge >= 0.3 is 24.3 Å². The van der Waals surface area contributed by atoms with E-state index in [9.17, 15) is 48.3 Å². The molecule has 0 spiro atoms. The Bertz CT molecular complexity index is 1520. The van der Waals surface area contributed by atoms with Crippen molar-refractivity contribution >= 4 is 0 Å². The van der Waals surface area contributed by atoms with E-state index in [1.165, 1.54) is 6.07 Å². The monoisotopic (exact) mass is 654 g/mol. The van der Waals surface area contributed by atoms with Crippen LogP contribution < -0.4 is 14.2 Å². The van der Waals surface area contributed by atoms with E-state index in [0.717, 1.165) is 50.7 Å². The fourth-order valence-corrected chi connectivity index (χ4v) is 5.27. The van der Waals surface area contributed by atoms with Crippen molar-refractivity contribution in [2.24, 2.45) is 5.92 Å². The summed E-state index contributed by atoms with van der Waals surface area (Å²) in [6.07, 6.45) is -6.78. The molecule has 14 heteroatoms. The maximum Gasteiger partial charge on any atom is 0.432 e. The lowest BCUT2D eigenvalue weighted by atomic mass is 9.77. The molecule has 0 heterocycles. The van der Waals surface area contributed by atoms with Crippen molar-refractivity contribution in [3.05, 3.63) is 101 Å². The molecule has 1 aliphatic rings. The smallest absolute Gasteiger partial charge is 0.429 e. The molecule has 0 aromatic heterocycles. The van der Waals surface area contributed by atoms with Crippen molar-refractivity contribution in [2.45, 2.75) is 63.6 Å². The van der Waals surface area contributed by atoms with Gasteiger partial charge in [0.15, 0.2) is 11.6 Å². The Labute approximate surface area is 250 Å². The van der Waals surface area contributed by atoms with Gasteiger partial charge in [0.2, 0.25) is 0 Å². The number of benzene rings is 3. The molecule has 45 heavy (non-hydrogen) atoms. The van der Waals surface area contributed by atoms with Crippen LogP contribution in [-0.2, 0) is 12.2 Å². The lowest BCUT2D eigenvalue weighted by molar-refractivity contribution is -0.191. The van der Waals surface area contributed by atoms with Crippen molar-refractivity contribution < 1.29 is 62.5 Å². The summed E-state index contributed by atoms with van der Waals surface area (Å²) in [6, 6.07) is 1.59. The van der Waals surface area contributed by atoms with E-state index >= 15 is 0 Å². The van der Waals surface area contributed by atoms with Crippen molar-refractivity contribution in [1.82, 2.24) is 0 Å². The molecule has 244 valence electrons. The number of hydrogen-bond acceptors (Lipinski definition) is 3. The quantitative estimate of drug-likeness (QED) is 0.152. The maximum atomic E-state index is 14.9. The zero-order chi connectivity index (χ0) is 33.1. The van der Waals surface area contributed by atoms with Crippen molar-refractivity contribution in [1.29, 1.82) is 0 Å². The summed E-state index contributed by atoms with van der Waals surface area (Å²) in [5.74, 6) is -10.2. The molecule has 0 unspecified atom stereocenters. The van der Waals surface area contributed by atoms with Crippen LogP contribution in [0.1, 0.15) is 68.1 Å². The van der Waals surface area contributed by atoms with E-state index in [-0.39, 0.29) is 24.1 Å². The molecule has 0 amide bonds. The first-order valence-corrected chi connectivity index (χ1v) is 13.7. The van der Waals surface area contributed by atoms with Gasteiger partial charge in [-0.1, -0.05) is 25.8 Å². The van der Waals surface area contributed by atoms with Gasteiger partial charge in [0.25, 0.3) is 0 Å². The Morgan fingerprint density at radius 3 is 1.87 bits per heavy atom. The number of halogens is 11. The van der Waals surface area contributed by atoms with Gasteiger partial charge in [-0.2, -0.15) is 30.7 Å². The normalized spacial score (nSPS) is 17.2. The van der Waals surface area contributed by atoms with Crippen LogP contribution in [0.25, 0.3) is 0 Å². The van der Waals surface area contributed by atoms with E-state index in [1.54, 1.807) is 0 Å². The highest BCUT2D eigenvalue weighted by atomic mass is 19.3. The molecule has 3 aromatic carbocycles. The zero-order valence-electron chi connectivity index (χ0n) is 23.4. The van der Waals surface area contributed by atoms with Crippen molar-refractivity contribution in [3.63, 3.8) is 0 Å². The van der Waals surface area contributed by atoms with Crippen LogP contribution in [-0.4, -0.2) is 0 Å². The molecule has 0 N–H and O–H groups in total. The molecule has 4 rings (SSSR count). The average molecular weight is 655 g/mol. The third-order valence-electron chi connectivity index (χ3n) is 7.37. The molecule has 0 bridgehead atoms. The Hall–Kier alpha value is -3.97. The van der Waals surface area contributed by atoms with Gasteiger partial charge in [0.05, 0.1) is 5.56 Å². The third-order valence-corrected chi connectivity index (χ3v) is 7.37. The van der Waals surface area contributed by atoms with Crippen LogP contribution in [0.2, 0.25) is 0 Å². The van der Waals surface area contributed by atoms with Gasteiger partial charge in [0.1, 0.15) is 34.5 Å². The highest BCUT2D eigenvalue weighted by Crippen LogP contribution is 2.42. The molecule has 1 aliphatic carbocycles. The zero-order valence-corrected chi connectivity index (χ0v) is 23.4. The van der Waals surface area contributed by atoms with E-state index in [4.69, 9.17) is 0 Å². The maximum absolute atomic E-state index is 14.9. The molecule has 3 aromatic rings. The summed E-state index contributed by atoms with van der Waals surface area (Å²) >= 11 is 0. The molecule has 0 aliphatic heterocycles. The first-order chi connectivity index (χ1) is 21.1. The van der Waals surface area contributed by atoms with Crippen LogP contribution >= 0.6 is 0 Å². The van der Waals surface area contributed by atoms with E-state index in [2.05, 4.69) is 21.1 Å². The molecular weight excluding hydrogens is 629 g/mol. The summed E-state index contributed by atoms with van der Waals surface area (Å²) in [6.45, 7) is 2.08. The summed E-state index contributed by atoms with van der Waals surface area (Å²) < 4.78 is 167. The van der Waals surface area contributed by atoms with Gasteiger partial charge in [-0.3, -0.25) is 0 Å². The molecule has 1 saturated carbocycles. The van der Waals surface area contributed by atoms with Gasteiger partial charge in [-0.25, -0.2) is 17.6 Å². The van der Waals surface area contributed by atoms with Crippen molar-refractivity contribution in [3.8, 4) is 17.2 Å². The van der Waals surface area contributed by atoms with Crippen molar-refractivity contribution in [2.75, 3.05) is 0 Å². The Kier molecular flexibility index (Phi) is 10.2. The first kappa shape index (κ1) is 33.9. The Balaban J connectivity index is 1.49. The molecular formula is C31H25F11O3. The highest BCUT2D eigenvalue weighted by Gasteiger charge is 2.43. The summed E-state index contributed by atoms with van der Waals surface area (Å²) in [7, 11) is 0. The number of ether oxygens (including phenoxy) is 3. The topological polar surface area (TPSA) is 27.7 Å². The van der Waals surface area contributed by atoms with E-state index in [0.29, 0.717) is 23.6 Å². The Morgan fingerprint density at radius 2 is 1.31 bits per heavy atom. The number of hydrogen-bond donors (Lipinski definition) is 0. The van der Waals surface area contributed by atoms with E-state index < -0.39 is 76.0 Å². The minimum Gasteiger partial charge on any atom is -0.429 e. The molecule has 1 fully saturated rings. The van der Waals surface area contributed by atoms with Crippen LogP contribution in [0.3, 0.4) is 0 Å². The van der Waals surface area contributed by atoms with Crippen LogP contribution in [0.5, 0.6) is 17.2 Å². The van der Waals surface area contributed by atoms with Crippen LogP contribution in [0, 0.1) is 29.2 Å². The fraction of sp³-hybridized carbons (Fsp3) is 0.355. The molecule has 0 atom stereocenters. The highest BCUT2D eigenvalue weighted by molar-refractivity contribution is 5.37. The second-order valence-electron chi connectivity index (χ2n) is 10.5. The predicted molar refractivity (Wildman–Crippen MR) is 139 cm³/mol. The second kappa shape index (κ2) is 13.6. The van der Waals surface area contributed by atoms with Crippen LogP contribution in [0.4, 0.5) is 48.3 Å². The van der Waals surface area contributed by atoms with Gasteiger partial charge in [-0.05, 0) is 67.3 Å². The molecule has 0 saturated heterocycles. The van der Waals surface area contributed by atoms with Crippen LogP contribution in [0.15, 0.2) is 60.6 Å². The van der Waals surface area contributed by atoms with Gasteiger partial charge in [-0.15, -0.1) is 0 Å². The minimum absolute atomic E-state index is 0.0112. The predicted octanol–water partition coefficient (Wildman–Crippen LogP) is 11.0. The van der Waals surface area contributed by atoms with Gasteiger partial charge in [0, 0.05) is 18.2 Å². The van der Waals surface area contributed by atoms with E-state index in [1.807, 2.05) is 0 Å². The largest absolute Gasteiger partial charge is 0.432 e. The lowest BCUT2D eigenvalue weighted by Crippen LogP contribution is -2.26. The van der Waals surface area contributed by atoms with Gasteiger partial charge < -0.3 is 14.2 Å². The second-order valence-corrected chi connectivity index (χ2v) is 10.5. The first-order valence-electron chi connectivity index (χ1n) is 13.7. The SMILES string of the molecule is CCCC1CCC(c2ccc(C(F)(F)Oc3cc(F)c(C(F)(F)Oc4ccc(OC(F)=C(F)F)c(F)c4)c(F)c3)c(F)c2)CC1. The minimum atomic E-state index is -4.89.